The van der Waals surface area contributed by atoms with Crippen molar-refractivity contribution in [2.45, 2.75) is 20.4 Å². The largest absolute Gasteiger partial charge is 0.285 e. The standard InChI is InChI=1S/C19H17FN6/c1-13-17(14(2)26(24-13)16-8-6-15(20)7-9-16)11-21-12-19-23-22-18-5-3-4-10-25(18)19/h3-11H,12H2,1-2H3. The Morgan fingerprint density at radius 3 is 2.69 bits per heavy atom. The van der Waals surface area contributed by atoms with E-state index in [2.05, 4.69) is 20.3 Å². The molecule has 0 fully saturated rings. The van der Waals surface area contributed by atoms with Gasteiger partial charge in [-0.2, -0.15) is 5.10 Å². The van der Waals surface area contributed by atoms with E-state index >= 15 is 0 Å². The van der Waals surface area contributed by atoms with Crippen molar-refractivity contribution in [1.82, 2.24) is 24.4 Å². The molecule has 0 radical (unpaired) electrons. The molecule has 7 heteroatoms. The molecule has 3 heterocycles. The summed E-state index contributed by atoms with van der Waals surface area (Å²) in [5, 5.41) is 12.8. The van der Waals surface area contributed by atoms with Crippen molar-refractivity contribution >= 4 is 11.9 Å². The first-order valence-electron chi connectivity index (χ1n) is 8.24. The van der Waals surface area contributed by atoms with Gasteiger partial charge in [0, 0.05) is 18.0 Å². The molecule has 0 spiro atoms. The first kappa shape index (κ1) is 16.1. The van der Waals surface area contributed by atoms with Gasteiger partial charge in [-0.1, -0.05) is 6.07 Å². The number of hydrogen-bond donors (Lipinski definition) is 0. The third kappa shape index (κ3) is 2.88. The van der Waals surface area contributed by atoms with E-state index in [1.54, 1.807) is 16.8 Å². The Morgan fingerprint density at radius 1 is 1.08 bits per heavy atom. The number of hydrogen-bond acceptors (Lipinski definition) is 4. The average molecular weight is 348 g/mol. The number of aliphatic imine (C=N–C) groups is 1. The SMILES string of the molecule is Cc1nn(-c2ccc(F)cc2)c(C)c1C=NCc1nnc2ccccn12. The molecule has 0 saturated carbocycles. The number of rotatable bonds is 4. The first-order chi connectivity index (χ1) is 12.6. The number of halogens is 1. The van der Waals surface area contributed by atoms with Gasteiger partial charge in [0.25, 0.3) is 0 Å². The quantitative estimate of drug-likeness (QED) is 0.532. The van der Waals surface area contributed by atoms with Crippen LogP contribution >= 0.6 is 0 Å². The number of benzene rings is 1. The van der Waals surface area contributed by atoms with E-state index in [4.69, 9.17) is 0 Å². The van der Waals surface area contributed by atoms with Crippen LogP contribution in [0.4, 0.5) is 4.39 Å². The summed E-state index contributed by atoms with van der Waals surface area (Å²) in [6.45, 7) is 4.32. The monoisotopic (exact) mass is 348 g/mol. The maximum Gasteiger partial charge on any atom is 0.160 e. The molecule has 0 amide bonds. The molecule has 0 aliphatic rings. The molecular weight excluding hydrogens is 331 g/mol. The summed E-state index contributed by atoms with van der Waals surface area (Å²) in [5.41, 5.74) is 4.37. The Bertz CT molecular complexity index is 1090. The van der Waals surface area contributed by atoms with Crippen LogP contribution in [0.5, 0.6) is 0 Å². The highest BCUT2D eigenvalue weighted by molar-refractivity contribution is 5.82. The zero-order valence-electron chi connectivity index (χ0n) is 14.5. The van der Waals surface area contributed by atoms with Crippen LogP contribution in [0, 0.1) is 19.7 Å². The summed E-state index contributed by atoms with van der Waals surface area (Å²) in [7, 11) is 0. The Balaban J connectivity index is 1.60. The Morgan fingerprint density at radius 2 is 1.88 bits per heavy atom. The van der Waals surface area contributed by atoms with E-state index in [0.717, 1.165) is 34.1 Å². The molecule has 0 aliphatic heterocycles. The summed E-state index contributed by atoms with van der Waals surface area (Å²) in [5.74, 6) is 0.510. The molecule has 3 aromatic heterocycles. The molecule has 0 saturated heterocycles. The Labute approximate surface area is 149 Å². The number of aromatic nitrogens is 5. The molecule has 1 aromatic carbocycles. The molecule has 0 N–H and O–H groups in total. The van der Waals surface area contributed by atoms with Crippen LogP contribution in [0.2, 0.25) is 0 Å². The van der Waals surface area contributed by atoms with Gasteiger partial charge >= 0.3 is 0 Å². The molecule has 0 atom stereocenters. The van der Waals surface area contributed by atoms with Crippen LogP contribution in [0.15, 0.2) is 53.7 Å². The lowest BCUT2D eigenvalue weighted by atomic mass is 10.2. The van der Waals surface area contributed by atoms with Gasteiger partial charge in [0.05, 0.1) is 23.6 Å². The van der Waals surface area contributed by atoms with E-state index in [0.29, 0.717) is 6.54 Å². The fourth-order valence-electron chi connectivity index (χ4n) is 2.89. The third-order valence-corrected chi connectivity index (χ3v) is 4.26. The van der Waals surface area contributed by atoms with Crippen molar-refractivity contribution in [3.8, 4) is 5.69 Å². The minimum absolute atomic E-state index is 0.266. The minimum Gasteiger partial charge on any atom is -0.285 e. The Kier molecular flexibility index (Phi) is 4.04. The lowest BCUT2D eigenvalue weighted by Crippen LogP contribution is -1.99. The molecule has 26 heavy (non-hydrogen) atoms. The van der Waals surface area contributed by atoms with Crippen LogP contribution < -0.4 is 0 Å². The zero-order chi connectivity index (χ0) is 18.1. The molecule has 130 valence electrons. The average Bonchev–Trinajstić information content (AvgIpc) is 3.18. The molecule has 0 unspecified atom stereocenters. The Hall–Kier alpha value is -3.35. The van der Waals surface area contributed by atoms with Gasteiger partial charge in [-0.25, -0.2) is 9.07 Å². The van der Waals surface area contributed by atoms with Crippen molar-refractivity contribution in [3.05, 3.63) is 77.3 Å². The third-order valence-electron chi connectivity index (χ3n) is 4.26. The van der Waals surface area contributed by atoms with Crippen molar-refractivity contribution in [2.75, 3.05) is 0 Å². The van der Waals surface area contributed by atoms with Gasteiger partial charge < -0.3 is 0 Å². The predicted molar refractivity (Wildman–Crippen MR) is 97.3 cm³/mol. The number of fused-ring (bicyclic) bond motifs is 1. The van der Waals surface area contributed by atoms with E-state index in [9.17, 15) is 4.39 Å². The van der Waals surface area contributed by atoms with Crippen LogP contribution in [-0.2, 0) is 6.54 Å². The van der Waals surface area contributed by atoms with Gasteiger partial charge in [0.1, 0.15) is 5.82 Å². The molecular formula is C19H17FN6. The van der Waals surface area contributed by atoms with Crippen LogP contribution in [-0.4, -0.2) is 30.6 Å². The van der Waals surface area contributed by atoms with Crippen molar-refractivity contribution in [1.29, 1.82) is 0 Å². The number of pyridine rings is 1. The second-order valence-corrected chi connectivity index (χ2v) is 5.99. The topological polar surface area (TPSA) is 60.4 Å². The highest BCUT2D eigenvalue weighted by Crippen LogP contribution is 2.17. The molecule has 4 aromatic rings. The van der Waals surface area contributed by atoms with E-state index in [1.165, 1.54) is 12.1 Å². The molecule has 0 bridgehead atoms. The fraction of sp³-hybridized carbons (Fsp3) is 0.158. The number of nitrogens with zero attached hydrogens (tertiary/aromatic N) is 6. The summed E-state index contributed by atoms with van der Waals surface area (Å²) >= 11 is 0. The summed E-state index contributed by atoms with van der Waals surface area (Å²) in [6.07, 6.45) is 3.73. The second kappa shape index (κ2) is 6.51. The van der Waals surface area contributed by atoms with Gasteiger partial charge in [0.15, 0.2) is 11.5 Å². The highest BCUT2D eigenvalue weighted by atomic mass is 19.1. The lowest BCUT2D eigenvalue weighted by molar-refractivity contribution is 0.627. The maximum absolute atomic E-state index is 13.1. The summed E-state index contributed by atoms with van der Waals surface area (Å²) in [4.78, 5) is 4.52. The maximum atomic E-state index is 13.1. The normalized spacial score (nSPS) is 11.7. The predicted octanol–water partition coefficient (Wildman–Crippen LogP) is 3.29. The van der Waals surface area contributed by atoms with E-state index in [-0.39, 0.29) is 5.82 Å². The van der Waals surface area contributed by atoms with Gasteiger partial charge in [-0.15, -0.1) is 10.2 Å². The summed E-state index contributed by atoms with van der Waals surface area (Å²) in [6, 6.07) is 12.0. The molecule has 0 aliphatic carbocycles. The number of aryl methyl sites for hydroxylation is 1. The highest BCUT2D eigenvalue weighted by Gasteiger charge is 2.11. The summed E-state index contributed by atoms with van der Waals surface area (Å²) < 4.78 is 16.8. The van der Waals surface area contributed by atoms with E-state index < -0.39 is 0 Å². The van der Waals surface area contributed by atoms with E-state index in [1.807, 2.05) is 48.9 Å². The van der Waals surface area contributed by atoms with Crippen molar-refractivity contribution in [3.63, 3.8) is 0 Å². The van der Waals surface area contributed by atoms with Crippen molar-refractivity contribution in [2.24, 2.45) is 4.99 Å². The molecule has 6 nitrogen and oxygen atoms in total. The smallest absolute Gasteiger partial charge is 0.160 e. The zero-order valence-corrected chi connectivity index (χ0v) is 14.5. The lowest BCUT2D eigenvalue weighted by Gasteiger charge is -2.04. The fourth-order valence-corrected chi connectivity index (χ4v) is 2.89. The first-order valence-corrected chi connectivity index (χ1v) is 8.24. The molecule has 4 rings (SSSR count). The van der Waals surface area contributed by atoms with Gasteiger partial charge in [-0.05, 0) is 50.2 Å². The van der Waals surface area contributed by atoms with Gasteiger partial charge in [0.2, 0.25) is 0 Å². The van der Waals surface area contributed by atoms with Gasteiger partial charge in [-0.3, -0.25) is 9.39 Å². The van der Waals surface area contributed by atoms with Crippen molar-refractivity contribution < 1.29 is 4.39 Å². The van der Waals surface area contributed by atoms with Crippen LogP contribution in [0.1, 0.15) is 22.8 Å². The second-order valence-electron chi connectivity index (χ2n) is 5.99. The van der Waals surface area contributed by atoms with Crippen LogP contribution in [0.25, 0.3) is 11.3 Å². The minimum atomic E-state index is -0.266. The van der Waals surface area contributed by atoms with Crippen LogP contribution in [0.3, 0.4) is 0 Å².